The zero-order valence-electron chi connectivity index (χ0n) is 12.9. The standard InChI is InChI=1S/C14H25N3O3S/c1-4-11(2)16-9-14(15-10-16)21(19,20)17-8-6-5-7-13(17)12(3)18/h9-13,18H,4-8H2,1-3H3/t11-,12-,13+/m0/s1. The van der Waals surface area contributed by atoms with Crippen LogP contribution in [0.3, 0.4) is 0 Å². The van der Waals surface area contributed by atoms with Crippen molar-refractivity contribution in [2.45, 2.75) is 69.7 Å². The molecule has 21 heavy (non-hydrogen) atoms. The average molecular weight is 315 g/mol. The van der Waals surface area contributed by atoms with Gasteiger partial charge in [0.05, 0.1) is 18.5 Å². The molecule has 0 radical (unpaired) electrons. The van der Waals surface area contributed by atoms with E-state index in [2.05, 4.69) is 4.98 Å². The summed E-state index contributed by atoms with van der Waals surface area (Å²) in [6.45, 7) is 6.18. The third-order valence-electron chi connectivity index (χ3n) is 4.31. The predicted molar refractivity (Wildman–Crippen MR) is 80.4 cm³/mol. The van der Waals surface area contributed by atoms with E-state index in [1.54, 1.807) is 19.4 Å². The highest BCUT2D eigenvalue weighted by Gasteiger charge is 2.37. The molecule has 1 fully saturated rings. The van der Waals surface area contributed by atoms with E-state index in [9.17, 15) is 13.5 Å². The summed E-state index contributed by atoms with van der Waals surface area (Å²) in [6.07, 6.45) is 5.88. The molecule has 1 aliphatic heterocycles. The van der Waals surface area contributed by atoms with Crippen LogP contribution in [0.2, 0.25) is 0 Å². The molecule has 1 aliphatic rings. The zero-order valence-corrected chi connectivity index (χ0v) is 13.8. The highest BCUT2D eigenvalue weighted by Crippen LogP contribution is 2.27. The van der Waals surface area contributed by atoms with Crippen LogP contribution in [0.25, 0.3) is 0 Å². The summed E-state index contributed by atoms with van der Waals surface area (Å²) in [5, 5.41) is 9.94. The second-order valence-corrected chi connectivity index (χ2v) is 7.67. The van der Waals surface area contributed by atoms with Gasteiger partial charge < -0.3 is 9.67 Å². The first-order valence-electron chi connectivity index (χ1n) is 7.61. The largest absolute Gasteiger partial charge is 0.392 e. The van der Waals surface area contributed by atoms with Crippen LogP contribution in [0.1, 0.15) is 52.5 Å². The third-order valence-corrected chi connectivity index (χ3v) is 6.12. The molecule has 120 valence electrons. The van der Waals surface area contributed by atoms with Gasteiger partial charge in [-0.1, -0.05) is 13.3 Å². The van der Waals surface area contributed by atoms with Gasteiger partial charge in [-0.15, -0.1) is 0 Å². The molecule has 1 saturated heterocycles. The Kier molecular flexibility index (Phi) is 5.06. The lowest BCUT2D eigenvalue weighted by atomic mass is 10.0. The van der Waals surface area contributed by atoms with Crippen LogP contribution in [0.15, 0.2) is 17.6 Å². The van der Waals surface area contributed by atoms with E-state index in [4.69, 9.17) is 0 Å². The molecule has 0 unspecified atom stereocenters. The monoisotopic (exact) mass is 315 g/mol. The lowest BCUT2D eigenvalue weighted by Gasteiger charge is -2.35. The lowest BCUT2D eigenvalue weighted by Crippen LogP contribution is -2.48. The molecule has 1 aromatic rings. The van der Waals surface area contributed by atoms with Gasteiger partial charge >= 0.3 is 0 Å². The first kappa shape index (κ1) is 16.5. The van der Waals surface area contributed by atoms with E-state index in [0.29, 0.717) is 13.0 Å². The highest BCUT2D eigenvalue weighted by molar-refractivity contribution is 7.89. The maximum absolute atomic E-state index is 12.8. The number of hydrogen-bond acceptors (Lipinski definition) is 4. The van der Waals surface area contributed by atoms with Gasteiger partial charge in [0, 0.05) is 18.8 Å². The Hall–Kier alpha value is -0.920. The Labute approximate surface area is 126 Å². The third kappa shape index (κ3) is 3.30. The average Bonchev–Trinajstić information content (AvgIpc) is 2.97. The molecule has 2 rings (SSSR count). The summed E-state index contributed by atoms with van der Waals surface area (Å²) in [5.41, 5.74) is 0. The molecule has 0 spiro atoms. The fraction of sp³-hybridized carbons (Fsp3) is 0.786. The van der Waals surface area contributed by atoms with Crippen molar-refractivity contribution in [1.82, 2.24) is 13.9 Å². The van der Waals surface area contributed by atoms with Crippen molar-refractivity contribution >= 4 is 10.0 Å². The highest BCUT2D eigenvalue weighted by atomic mass is 32.2. The van der Waals surface area contributed by atoms with E-state index in [1.807, 2.05) is 18.4 Å². The predicted octanol–water partition coefficient (Wildman–Crippen LogP) is 1.78. The molecular weight excluding hydrogens is 290 g/mol. The number of sulfonamides is 1. The molecule has 0 aliphatic carbocycles. The minimum atomic E-state index is -3.64. The minimum absolute atomic E-state index is 0.0790. The Morgan fingerprint density at radius 1 is 1.43 bits per heavy atom. The summed E-state index contributed by atoms with van der Waals surface area (Å²) in [7, 11) is -3.64. The van der Waals surface area contributed by atoms with Crippen molar-refractivity contribution in [3.05, 3.63) is 12.5 Å². The van der Waals surface area contributed by atoms with Gasteiger partial charge in [0.2, 0.25) is 0 Å². The molecule has 2 heterocycles. The molecule has 1 aromatic heterocycles. The van der Waals surface area contributed by atoms with Crippen molar-refractivity contribution in [3.8, 4) is 0 Å². The molecular formula is C14H25N3O3S. The van der Waals surface area contributed by atoms with Crippen molar-refractivity contribution in [2.75, 3.05) is 6.54 Å². The molecule has 7 heteroatoms. The summed E-state index contributed by atoms with van der Waals surface area (Å²) in [6, 6.07) is -0.132. The minimum Gasteiger partial charge on any atom is -0.392 e. The molecule has 0 amide bonds. The van der Waals surface area contributed by atoms with Crippen molar-refractivity contribution in [2.24, 2.45) is 0 Å². The number of hydrogen-bond donors (Lipinski definition) is 1. The van der Waals surface area contributed by atoms with Crippen LogP contribution in [-0.2, 0) is 10.0 Å². The van der Waals surface area contributed by atoms with Crippen LogP contribution >= 0.6 is 0 Å². The molecule has 6 nitrogen and oxygen atoms in total. The number of imidazole rings is 1. The van der Waals surface area contributed by atoms with Gasteiger partial charge in [-0.2, -0.15) is 4.31 Å². The van der Waals surface area contributed by atoms with E-state index in [0.717, 1.165) is 19.3 Å². The summed E-state index contributed by atoms with van der Waals surface area (Å²) in [5.74, 6) is 0. The quantitative estimate of drug-likeness (QED) is 0.898. The first-order chi connectivity index (χ1) is 9.87. The van der Waals surface area contributed by atoms with E-state index in [-0.39, 0.29) is 17.1 Å². The second-order valence-electron chi connectivity index (χ2n) is 5.84. The number of aliphatic hydroxyl groups excluding tert-OH is 1. The SMILES string of the molecule is CC[C@H](C)n1cnc(S(=O)(=O)N2CCCC[C@@H]2[C@H](C)O)c1. The van der Waals surface area contributed by atoms with E-state index < -0.39 is 16.1 Å². The molecule has 0 aromatic carbocycles. The van der Waals surface area contributed by atoms with Gasteiger partial charge in [0.1, 0.15) is 0 Å². The Balaban J connectivity index is 2.29. The van der Waals surface area contributed by atoms with Crippen LogP contribution in [0, 0.1) is 0 Å². The summed E-state index contributed by atoms with van der Waals surface area (Å²) in [4.78, 5) is 4.08. The molecule has 1 N–H and O–H groups in total. The van der Waals surface area contributed by atoms with Crippen LogP contribution in [0.5, 0.6) is 0 Å². The molecule has 3 atom stereocenters. The fourth-order valence-electron chi connectivity index (χ4n) is 2.73. The van der Waals surface area contributed by atoms with Crippen LogP contribution in [-0.4, -0.2) is 46.1 Å². The van der Waals surface area contributed by atoms with Crippen LogP contribution < -0.4 is 0 Å². The normalized spacial score (nSPS) is 23.9. The first-order valence-corrected chi connectivity index (χ1v) is 9.05. The number of rotatable bonds is 5. The number of aromatic nitrogens is 2. The molecule has 0 saturated carbocycles. The maximum Gasteiger partial charge on any atom is 0.262 e. The Bertz CT molecular complexity index is 568. The second kappa shape index (κ2) is 6.46. The Morgan fingerprint density at radius 3 is 2.76 bits per heavy atom. The van der Waals surface area contributed by atoms with Gasteiger partial charge in [-0.3, -0.25) is 0 Å². The summed E-state index contributed by atoms with van der Waals surface area (Å²) < 4.78 is 28.8. The van der Waals surface area contributed by atoms with Crippen molar-refractivity contribution in [3.63, 3.8) is 0 Å². The van der Waals surface area contributed by atoms with Gasteiger partial charge in [-0.05, 0) is 33.1 Å². The maximum atomic E-state index is 12.8. The fourth-order valence-corrected chi connectivity index (χ4v) is 4.42. The number of nitrogens with zero attached hydrogens (tertiary/aromatic N) is 3. The number of piperidine rings is 1. The smallest absolute Gasteiger partial charge is 0.262 e. The molecule has 0 bridgehead atoms. The topological polar surface area (TPSA) is 75.4 Å². The van der Waals surface area contributed by atoms with Gasteiger partial charge in [0.25, 0.3) is 10.0 Å². The Morgan fingerprint density at radius 2 is 2.14 bits per heavy atom. The summed E-state index contributed by atoms with van der Waals surface area (Å²) >= 11 is 0. The lowest BCUT2D eigenvalue weighted by molar-refractivity contribution is 0.0830. The van der Waals surface area contributed by atoms with Gasteiger partial charge in [0.15, 0.2) is 5.03 Å². The zero-order chi connectivity index (χ0) is 15.6. The number of aliphatic hydroxyl groups is 1. The van der Waals surface area contributed by atoms with Crippen LogP contribution in [0.4, 0.5) is 0 Å². The van der Waals surface area contributed by atoms with Crippen molar-refractivity contribution < 1.29 is 13.5 Å². The van der Waals surface area contributed by atoms with E-state index in [1.165, 1.54) is 4.31 Å². The van der Waals surface area contributed by atoms with E-state index >= 15 is 0 Å². The van der Waals surface area contributed by atoms with Gasteiger partial charge in [-0.25, -0.2) is 13.4 Å². The van der Waals surface area contributed by atoms with Crippen molar-refractivity contribution in [1.29, 1.82) is 0 Å².